The normalized spacial score (nSPS) is 16.5. The molecule has 2 saturated heterocycles. The molecule has 0 radical (unpaired) electrons. The summed E-state index contributed by atoms with van der Waals surface area (Å²) in [4.78, 5) is 50.2. The van der Waals surface area contributed by atoms with E-state index in [1.807, 2.05) is 4.90 Å². The summed E-state index contributed by atoms with van der Waals surface area (Å²) >= 11 is 0. The molecule has 15 nitrogen and oxygen atoms in total. The molecule has 0 aromatic rings. The van der Waals surface area contributed by atoms with Crippen LogP contribution in [0.15, 0.2) is 25.4 Å². The van der Waals surface area contributed by atoms with Crippen LogP contribution in [0.25, 0.3) is 0 Å². The van der Waals surface area contributed by atoms with Crippen LogP contribution < -0.4 is 69.7 Å². The van der Waals surface area contributed by atoms with Crippen molar-refractivity contribution in [1.29, 1.82) is 0 Å². The first kappa shape index (κ1) is 57.9. The molecule has 0 spiro atoms. The molecule has 292 valence electrons. The minimum absolute atomic E-state index is 0. The van der Waals surface area contributed by atoms with E-state index in [0.717, 1.165) is 64.1 Å². The number of nitrogens with zero attached hydrogens (tertiary/aromatic N) is 2. The third kappa shape index (κ3) is 27.7. The van der Waals surface area contributed by atoms with Crippen LogP contribution in [-0.2, 0) is 39.4 Å². The van der Waals surface area contributed by atoms with Crippen LogP contribution in [0.2, 0.25) is 0 Å². The van der Waals surface area contributed by atoms with Gasteiger partial charge in [-0.3, -0.25) is 23.7 Å². The predicted molar refractivity (Wildman–Crippen MR) is 191 cm³/mol. The van der Waals surface area contributed by atoms with Gasteiger partial charge >= 0.3 is 59.1 Å². The van der Waals surface area contributed by atoms with Crippen LogP contribution in [0.1, 0.15) is 112 Å². The fourth-order valence-corrected chi connectivity index (χ4v) is 7.49. The molecule has 0 saturated carbocycles. The molecule has 2 atom stereocenters. The largest absolute Gasteiger partial charge is 1.00 e. The maximum Gasteiger partial charge on any atom is 1.00 e. The molecule has 0 bridgehead atoms. The molecular weight excluding hydrogens is 738 g/mol. The molecule has 52 heavy (non-hydrogen) atoms. The van der Waals surface area contributed by atoms with Gasteiger partial charge in [-0.25, -0.2) is 8.42 Å². The van der Waals surface area contributed by atoms with Crippen LogP contribution >= 0.6 is 0 Å². The van der Waals surface area contributed by atoms with E-state index in [9.17, 15) is 40.6 Å². The smallest absolute Gasteiger partial charge is 0.870 e. The van der Waals surface area contributed by atoms with Gasteiger partial charge in [0.25, 0.3) is 10.1 Å². The molecule has 0 aromatic heterocycles. The van der Waals surface area contributed by atoms with Crippen LogP contribution in [0.3, 0.4) is 0 Å². The van der Waals surface area contributed by atoms with Gasteiger partial charge in [-0.2, -0.15) is 8.42 Å². The number of carbonyl (C=O) groups excluding carboxylic acids is 4. The summed E-state index contributed by atoms with van der Waals surface area (Å²) in [7, 11) is -8.50. The number of hydrogen-bond donors (Lipinski definition) is 3. The Kier molecular flexibility index (Phi) is 30.8. The molecule has 2 aliphatic rings. The molecule has 4 amide bonds. The minimum Gasteiger partial charge on any atom is -0.870 e. The summed E-state index contributed by atoms with van der Waals surface area (Å²) in [5.41, 5.74) is -2.10. The topological polar surface area (TPSA) is 240 Å². The second-order valence-electron chi connectivity index (χ2n) is 13.9. The summed E-state index contributed by atoms with van der Waals surface area (Å²) in [6.07, 6.45) is 12.5. The van der Waals surface area contributed by atoms with Crippen LogP contribution in [0.5, 0.6) is 0 Å². The Morgan fingerprint density at radius 3 is 1.83 bits per heavy atom. The van der Waals surface area contributed by atoms with Crippen molar-refractivity contribution in [3.05, 3.63) is 25.4 Å². The van der Waals surface area contributed by atoms with Crippen LogP contribution in [-0.4, -0.2) is 107 Å². The van der Waals surface area contributed by atoms with E-state index in [0.29, 0.717) is 19.3 Å². The van der Waals surface area contributed by atoms with Crippen molar-refractivity contribution in [2.24, 2.45) is 5.92 Å². The number of nitrogens with one attached hydrogen (secondary N) is 2. The Hall–Kier alpha value is -0.860. The van der Waals surface area contributed by atoms with Crippen LogP contribution in [0.4, 0.5) is 0 Å². The van der Waals surface area contributed by atoms with Gasteiger partial charge in [0, 0.05) is 43.4 Å². The number of likely N-dealkylation sites (tertiary alicyclic amines) is 2. The first-order chi connectivity index (χ1) is 22.5. The average Bonchev–Trinajstić information content (AvgIpc) is 3.29. The van der Waals surface area contributed by atoms with Gasteiger partial charge in [0.2, 0.25) is 23.6 Å². The zero-order valence-corrected chi connectivity index (χ0v) is 38.2. The number of hydrogen-bond acceptors (Lipinski definition) is 10. The van der Waals surface area contributed by atoms with E-state index in [4.69, 9.17) is 4.55 Å². The number of rotatable bonds is 14. The van der Waals surface area contributed by atoms with Gasteiger partial charge in [0.15, 0.2) is 0 Å². The molecular formula is C33H60N4Na2O11S2. The average molecular weight is 799 g/mol. The van der Waals surface area contributed by atoms with Crippen molar-refractivity contribution < 1.29 is 110 Å². The Labute approximate surface area is 356 Å². The standard InChI is InChI=1S/C18H34N2O5S.C8H13NO.C7H13NO4S.2Na.H2O/c1-5-15(20-12-8-6-7-9-16(20)21)11-10-14(2)17(22)19-18(3,4)13-26(23,24)25;1-2-9-7-5-3-4-6-8(9)10;1-4-6(9)8-7(2,3)5-13(10,11)12;;;/h14-15H,5-13H2,1-4H3,(H,19,22)(H,23,24,25);2H,1,3-7H2;4H,1,5H2,2-3H3,(H,8,9)(H,10,11,12);;;1H2/q;;;2*+1;/p-2. The summed E-state index contributed by atoms with van der Waals surface area (Å²) in [5.74, 6) is -1.80. The Morgan fingerprint density at radius 2 is 1.37 bits per heavy atom. The summed E-state index contributed by atoms with van der Waals surface area (Å²) in [6, 6.07) is 0.130. The first-order valence-corrected chi connectivity index (χ1v) is 20.0. The Balaban J connectivity index is -0.000000371. The van der Waals surface area contributed by atoms with Crippen LogP contribution in [0, 0.1) is 5.92 Å². The number of amides is 4. The van der Waals surface area contributed by atoms with Gasteiger partial charge < -0.3 is 30.5 Å². The number of carbonyl (C=O) groups is 4. The Bertz CT molecular complexity index is 1340. The second-order valence-corrected chi connectivity index (χ2v) is 16.8. The Morgan fingerprint density at radius 1 is 0.865 bits per heavy atom. The fourth-order valence-electron chi connectivity index (χ4n) is 5.55. The summed E-state index contributed by atoms with van der Waals surface area (Å²) < 4.78 is 62.3. The minimum atomic E-state index is -4.42. The van der Waals surface area contributed by atoms with E-state index in [1.54, 1.807) is 18.0 Å². The van der Waals surface area contributed by atoms with E-state index in [2.05, 4.69) is 30.7 Å². The molecule has 2 heterocycles. The fraction of sp³-hybridized carbons (Fsp3) is 0.758. The molecule has 0 aromatic carbocycles. The van der Waals surface area contributed by atoms with E-state index < -0.39 is 48.7 Å². The summed E-state index contributed by atoms with van der Waals surface area (Å²) in [6.45, 7) is 18.3. The van der Waals surface area contributed by atoms with Gasteiger partial charge in [-0.05, 0) is 84.9 Å². The molecule has 2 rings (SSSR count). The predicted octanol–water partition coefficient (Wildman–Crippen LogP) is -2.66. The van der Waals surface area contributed by atoms with Crippen molar-refractivity contribution in [2.75, 3.05) is 24.6 Å². The molecule has 4 N–H and O–H groups in total. The van der Waals surface area contributed by atoms with Crippen molar-refractivity contribution in [1.82, 2.24) is 20.4 Å². The maximum absolute atomic E-state index is 12.4. The van der Waals surface area contributed by atoms with Gasteiger partial charge in [-0.1, -0.05) is 39.8 Å². The van der Waals surface area contributed by atoms with Gasteiger partial charge in [0.1, 0.15) is 0 Å². The quantitative estimate of drug-likeness (QED) is 0.0932. The van der Waals surface area contributed by atoms with Crippen molar-refractivity contribution in [3.63, 3.8) is 0 Å². The third-order valence-corrected chi connectivity index (χ3v) is 10.1. The molecule has 19 heteroatoms. The van der Waals surface area contributed by atoms with Gasteiger partial charge in [-0.15, -0.1) is 0 Å². The second kappa shape index (κ2) is 27.7. The zero-order chi connectivity index (χ0) is 38.1. The first-order valence-electron chi connectivity index (χ1n) is 16.8. The monoisotopic (exact) mass is 798 g/mol. The van der Waals surface area contributed by atoms with Crippen molar-refractivity contribution >= 4 is 43.9 Å². The molecule has 2 aliphatic heterocycles. The van der Waals surface area contributed by atoms with Gasteiger partial charge in [0.05, 0.1) is 27.2 Å². The molecule has 2 fully saturated rings. The molecule has 0 aliphatic carbocycles. The summed E-state index contributed by atoms with van der Waals surface area (Å²) in [5, 5.41) is 5.02. The SMILES string of the molecule is C=CC(=O)NC(C)(C)CS(=O)(=O)O.C=CN1CCCCCC1=O.CCC(CCC(C)C(=O)NC(C)(C)CS(=O)(=O)[O-])N1CCCCCC1=O.[Na+].[Na+].[OH-]. The maximum atomic E-state index is 12.4. The van der Waals surface area contributed by atoms with E-state index in [-0.39, 0.29) is 94.3 Å². The van der Waals surface area contributed by atoms with Crippen molar-refractivity contribution in [3.8, 4) is 0 Å². The van der Waals surface area contributed by atoms with E-state index >= 15 is 0 Å². The molecule has 2 unspecified atom stereocenters. The van der Waals surface area contributed by atoms with Crippen molar-refractivity contribution in [2.45, 2.75) is 129 Å². The van der Waals surface area contributed by atoms with E-state index in [1.165, 1.54) is 34.1 Å². The third-order valence-electron chi connectivity index (χ3n) is 7.92. The zero-order valence-electron chi connectivity index (χ0n) is 32.6.